The first-order valence-corrected chi connectivity index (χ1v) is 7.50. The van der Waals surface area contributed by atoms with Gasteiger partial charge in [-0.2, -0.15) is 0 Å². The number of benzene rings is 1. The number of aliphatic hydroxyl groups excluding tert-OH is 1. The number of halogens is 3. The number of hydrogen-bond donors (Lipinski definition) is 2. The van der Waals surface area contributed by atoms with Crippen LogP contribution in [0, 0.1) is 0 Å². The summed E-state index contributed by atoms with van der Waals surface area (Å²) in [6.45, 7) is -0.0597. The fraction of sp³-hybridized carbons (Fsp3) is 0.154. The second-order valence-electron chi connectivity index (χ2n) is 3.91. The van der Waals surface area contributed by atoms with Gasteiger partial charge in [0.25, 0.3) is 0 Å². The van der Waals surface area contributed by atoms with Gasteiger partial charge in [-0.25, -0.2) is 0 Å². The fourth-order valence-electron chi connectivity index (χ4n) is 1.63. The number of anilines is 1. The van der Waals surface area contributed by atoms with Crippen LogP contribution in [0.3, 0.4) is 0 Å². The summed E-state index contributed by atoms with van der Waals surface area (Å²) in [6, 6.07) is 8.91. The van der Waals surface area contributed by atoms with E-state index in [4.69, 9.17) is 11.6 Å². The molecule has 0 saturated carbocycles. The topological polar surface area (TPSA) is 45.1 Å². The van der Waals surface area contributed by atoms with Crippen LogP contribution in [0.4, 0.5) is 5.69 Å². The minimum Gasteiger partial charge on any atom is -0.394 e. The van der Waals surface area contributed by atoms with E-state index in [0.29, 0.717) is 5.02 Å². The van der Waals surface area contributed by atoms with Crippen molar-refractivity contribution in [1.29, 1.82) is 0 Å². The Morgan fingerprint density at radius 1 is 1.26 bits per heavy atom. The van der Waals surface area contributed by atoms with E-state index < -0.39 is 0 Å². The second-order valence-corrected chi connectivity index (χ2v) is 6.11. The van der Waals surface area contributed by atoms with Crippen LogP contribution in [-0.4, -0.2) is 16.7 Å². The molecule has 0 aliphatic rings. The predicted molar refractivity (Wildman–Crippen MR) is 84.5 cm³/mol. The van der Waals surface area contributed by atoms with Crippen molar-refractivity contribution in [3.63, 3.8) is 0 Å². The summed E-state index contributed by atoms with van der Waals surface area (Å²) in [5, 5.41) is 13.4. The lowest BCUT2D eigenvalue weighted by atomic mass is 10.2. The van der Waals surface area contributed by atoms with Crippen LogP contribution in [0.15, 0.2) is 45.5 Å². The average Bonchev–Trinajstić information content (AvgIpc) is 2.39. The van der Waals surface area contributed by atoms with Gasteiger partial charge in [-0.1, -0.05) is 11.6 Å². The number of rotatable bonds is 4. The fourth-order valence-corrected chi connectivity index (χ4v) is 3.02. The lowest BCUT2D eigenvalue weighted by Gasteiger charge is -2.18. The third-order valence-electron chi connectivity index (χ3n) is 2.53. The molecule has 2 aromatic rings. The van der Waals surface area contributed by atoms with Crippen molar-refractivity contribution in [2.24, 2.45) is 0 Å². The molecule has 0 fully saturated rings. The third kappa shape index (κ3) is 3.92. The number of aromatic nitrogens is 1. The highest BCUT2D eigenvalue weighted by molar-refractivity contribution is 9.11. The molecule has 0 aliphatic heterocycles. The van der Waals surface area contributed by atoms with Gasteiger partial charge in [0, 0.05) is 25.9 Å². The lowest BCUT2D eigenvalue weighted by molar-refractivity contribution is 0.274. The van der Waals surface area contributed by atoms with Crippen molar-refractivity contribution < 1.29 is 5.11 Å². The zero-order valence-electron chi connectivity index (χ0n) is 9.78. The van der Waals surface area contributed by atoms with E-state index in [0.717, 1.165) is 20.3 Å². The summed E-state index contributed by atoms with van der Waals surface area (Å²) in [7, 11) is 0. The van der Waals surface area contributed by atoms with Crippen molar-refractivity contribution in [3.8, 4) is 0 Å². The summed E-state index contributed by atoms with van der Waals surface area (Å²) < 4.78 is 1.72. The molecule has 0 spiro atoms. The van der Waals surface area contributed by atoms with Gasteiger partial charge in [0.2, 0.25) is 0 Å². The number of nitrogens with one attached hydrogen (secondary N) is 1. The van der Waals surface area contributed by atoms with E-state index in [1.165, 1.54) is 0 Å². The maximum Gasteiger partial charge on any atom is 0.0929 e. The van der Waals surface area contributed by atoms with Crippen LogP contribution in [-0.2, 0) is 0 Å². The zero-order chi connectivity index (χ0) is 13.8. The Labute approximate surface area is 133 Å². The summed E-state index contributed by atoms with van der Waals surface area (Å²) in [6.07, 6.45) is 1.70. The Kier molecular flexibility index (Phi) is 5.21. The highest BCUT2D eigenvalue weighted by Gasteiger charge is 2.15. The van der Waals surface area contributed by atoms with Crippen molar-refractivity contribution in [2.45, 2.75) is 6.04 Å². The molecule has 100 valence electrons. The standard InChI is InChI=1S/C13H11Br2ClN2O/c14-8-5-11(15)13(17-6-8)12(7-19)18-10-3-1-9(16)2-4-10/h1-6,12,18-19H,7H2. The molecule has 1 aromatic heterocycles. The van der Waals surface area contributed by atoms with E-state index >= 15 is 0 Å². The molecule has 1 aromatic carbocycles. The van der Waals surface area contributed by atoms with Gasteiger partial charge in [0.1, 0.15) is 0 Å². The molecule has 6 heteroatoms. The maximum absolute atomic E-state index is 9.53. The van der Waals surface area contributed by atoms with Crippen LogP contribution >= 0.6 is 43.5 Å². The van der Waals surface area contributed by atoms with Gasteiger partial charge in [0.15, 0.2) is 0 Å². The Bertz CT molecular complexity index is 563. The van der Waals surface area contributed by atoms with Crippen LogP contribution in [0.2, 0.25) is 5.02 Å². The monoisotopic (exact) mass is 404 g/mol. The van der Waals surface area contributed by atoms with Gasteiger partial charge in [0.05, 0.1) is 18.3 Å². The first kappa shape index (κ1) is 14.8. The maximum atomic E-state index is 9.53. The first-order chi connectivity index (χ1) is 9.10. The van der Waals surface area contributed by atoms with E-state index in [-0.39, 0.29) is 12.6 Å². The van der Waals surface area contributed by atoms with Crippen molar-refractivity contribution >= 4 is 49.1 Å². The van der Waals surface area contributed by atoms with Crippen molar-refractivity contribution in [3.05, 3.63) is 56.2 Å². The minimum absolute atomic E-state index is 0.0597. The minimum atomic E-state index is -0.288. The predicted octanol–water partition coefficient (Wildman–Crippen LogP) is 4.41. The molecule has 0 amide bonds. The molecule has 1 unspecified atom stereocenters. The quantitative estimate of drug-likeness (QED) is 0.791. The molecule has 0 radical (unpaired) electrons. The normalized spacial score (nSPS) is 12.2. The summed E-state index contributed by atoms with van der Waals surface area (Å²) in [5.74, 6) is 0. The van der Waals surface area contributed by atoms with Gasteiger partial charge >= 0.3 is 0 Å². The molecule has 0 bridgehead atoms. The molecular weight excluding hydrogens is 395 g/mol. The van der Waals surface area contributed by atoms with Crippen LogP contribution in [0.5, 0.6) is 0 Å². The molecule has 19 heavy (non-hydrogen) atoms. The first-order valence-electron chi connectivity index (χ1n) is 5.54. The lowest BCUT2D eigenvalue weighted by Crippen LogP contribution is -2.16. The van der Waals surface area contributed by atoms with Gasteiger partial charge in [-0.05, 0) is 62.2 Å². The number of pyridine rings is 1. The molecule has 0 aliphatic carbocycles. The van der Waals surface area contributed by atoms with E-state index in [1.807, 2.05) is 18.2 Å². The van der Waals surface area contributed by atoms with Crippen LogP contribution < -0.4 is 5.32 Å². The molecule has 2 rings (SSSR count). The van der Waals surface area contributed by atoms with Crippen molar-refractivity contribution in [1.82, 2.24) is 4.98 Å². The molecule has 2 N–H and O–H groups in total. The van der Waals surface area contributed by atoms with Crippen LogP contribution in [0.1, 0.15) is 11.7 Å². The largest absolute Gasteiger partial charge is 0.394 e. The van der Waals surface area contributed by atoms with Crippen LogP contribution in [0.25, 0.3) is 0 Å². The van der Waals surface area contributed by atoms with E-state index in [2.05, 4.69) is 42.2 Å². The van der Waals surface area contributed by atoms with Gasteiger partial charge < -0.3 is 10.4 Å². The Morgan fingerprint density at radius 3 is 2.53 bits per heavy atom. The SMILES string of the molecule is OCC(Nc1ccc(Cl)cc1)c1ncc(Br)cc1Br. The molecule has 1 heterocycles. The Balaban J connectivity index is 2.22. The zero-order valence-corrected chi connectivity index (χ0v) is 13.7. The number of hydrogen-bond acceptors (Lipinski definition) is 3. The van der Waals surface area contributed by atoms with E-state index in [9.17, 15) is 5.11 Å². The molecule has 1 atom stereocenters. The molecule has 0 saturated heterocycles. The number of aliphatic hydroxyl groups is 1. The summed E-state index contributed by atoms with van der Waals surface area (Å²) >= 11 is 12.6. The summed E-state index contributed by atoms with van der Waals surface area (Å²) in [4.78, 5) is 4.32. The number of nitrogens with zero attached hydrogens (tertiary/aromatic N) is 1. The molecular formula is C13H11Br2ClN2O. The average molecular weight is 407 g/mol. The van der Waals surface area contributed by atoms with E-state index in [1.54, 1.807) is 18.3 Å². The second kappa shape index (κ2) is 6.70. The Hall–Kier alpha value is -0.620. The highest BCUT2D eigenvalue weighted by atomic mass is 79.9. The Morgan fingerprint density at radius 2 is 1.95 bits per heavy atom. The van der Waals surface area contributed by atoms with Gasteiger partial charge in [-0.15, -0.1) is 0 Å². The highest BCUT2D eigenvalue weighted by Crippen LogP contribution is 2.27. The molecule has 3 nitrogen and oxygen atoms in total. The van der Waals surface area contributed by atoms with Gasteiger partial charge in [-0.3, -0.25) is 4.98 Å². The smallest absolute Gasteiger partial charge is 0.0929 e. The third-order valence-corrected chi connectivity index (χ3v) is 3.85. The van der Waals surface area contributed by atoms with Crippen molar-refractivity contribution in [2.75, 3.05) is 11.9 Å². The summed E-state index contributed by atoms with van der Waals surface area (Å²) in [5.41, 5.74) is 1.63.